The Bertz CT molecular complexity index is 614. The number of aromatic nitrogens is 4. The zero-order valence-corrected chi connectivity index (χ0v) is 10.5. The smallest absolute Gasteiger partial charge is 0.222 e. The first-order valence-electron chi connectivity index (χ1n) is 6.36. The van der Waals surface area contributed by atoms with Crippen molar-refractivity contribution in [1.82, 2.24) is 19.9 Å². The van der Waals surface area contributed by atoms with E-state index in [1.807, 2.05) is 24.3 Å². The zero-order valence-electron chi connectivity index (χ0n) is 10.5. The van der Waals surface area contributed by atoms with Crippen LogP contribution in [0.3, 0.4) is 0 Å². The molecule has 5 heteroatoms. The van der Waals surface area contributed by atoms with Gasteiger partial charge in [0.15, 0.2) is 0 Å². The molecule has 3 aromatic rings. The van der Waals surface area contributed by atoms with Crippen molar-refractivity contribution in [3.63, 3.8) is 0 Å². The summed E-state index contributed by atoms with van der Waals surface area (Å²) in [6, 6.07) is 9.88. The molecule has 0 spiro atoms. The number of nitrogens with one attached hydrogen (secondary N) is 2. The van der Waals surface area contributed by atoms with Crippen molar-refractivity contribution in [2.24, 2.45) is 0 Å². The van der Waals surface area contributed by atoms with Gasteiger partial charge in [-0.05, 0) is 24.6 Å². The van der Waals surface area contributed by atoms with Crippen molar-refractivity contribution in [3.8, 4) is 0 Å². The van der Waals surface area contributed by atoms with Crippen LogP contribution in [0.2, 0.25) is 0 Å². The van der Waals surface area contributed by atoms with Crippen LogP contribution in [0.1, 0.15) is 12.2 Å². The second-order valence-electron chi connectivity index (χ2n) is 4.30. The molecule has 0 saturated heterocycles. The van der Waals surface area contributed by atoms with Gasteiger partial charge in [0, 0.05) is 25.4 Å². The lowest BCUT2D eigenvalue weighted by Crippen LogP contribution is -2.06. The Labute approximate surface area is 111 Å². The number of fused-ring (bicyclic) bond motifs is 1. The van der Waals surface area contributed by atoms with E-state index in [2.05, 4.69) is 25.3 Å². The molecule has 1 aromatic carbocycles. The first-order chi connectivity index (χ1) is 9.42. The van der Waals surface area contributed by atoms with Crippen molar-refractivity contribution in [3.05, 3.63) is 48.5 Å². The zero-order chi connectivity index (χ0) is 12.9. The van der Waals surface area contributed by atoms with Crippen LogP contribution in [0.15, 0.2) is 42.7 Å². The fourth-order valence-electron chi connectivity index (χ4n) is 1.97. The molecule has 0 amide bonds. The quantitative estimate of drug-likeness (QED) is 0.685. The van der Waals surface area contributed by atoms with Crippen molar-refractivity contribution >= 4 is 17.0 Å². The fourth-order valence-corrected chi connectivity index (χ4v) is 1.97. The summed E-state index contributed by atoms with van der Waals surface area (Å²) in [6.07, 6.45) is 5.36. The molecular formula is C14H15N5. The molecule has 3 rings (SSSR count). The first-order valence-corrected chi connectivity index (χ1v) is 6.36. The van der Waals surface area contributed by atoms with Crippen molar-refractivity contribution < 1.29 is 0 Å². The van der Waals surface area contributed by atoms with Crippen LogP contribution < -0.4 is 5.32 Å². The number of H-pyrrole nitrogens is 1. The normalized spacial score (nSPS) is 10.7. The lowest BCUT2D eigenvalue weighted by Gasteiger charge is -2.02. The van der Waals surface area contributed by atoms with E-state index < -0.39 is 0 Å². The number of nitrogens with zero attached hydrogens (tertiary/aromatic N) is 3. The lowest BCUT2D eigenvalue weighted by atomic mass is 10.3. The first kappa shape index (κ1) is 11.6. The Morgan fingerprint density at radius 1 is 1.05 bits per heavy atom. The second kappa shape index (κ2) is 5.48. The summed E-state index contributed by atoms with van der Waals surface area (Å²) in [6.45, 7) is 0.834. The maximum absolute atomic E-state index is 4.54. The van der Waals surface area contributed by atoms with Gasteiger partial charge in [-0.1, -0.05) is 12.1 Å². The molecule has 2 N–H and O–H groups in total. The highest BCUT2D eigenvalue weighted by Gasteiger charge is 2.01. The molecule has 0 fully saturated rings. The maximum atomic E-state index is 4.54. The molecule has 2 heterocycles. The Kier molecular flexibility index (Phi) is 3.36. The number of hydrogen-bond acceptors (Lipinski definition) is 4. The predicted octanol–water partition coefficient (Wildman–Crippen LogP) is 2.40. The van der Waals surface area contributed by atoms with Crippen molar-refractivity contribution in [2.75, 3.05) is 11.9 Å². The average molecular weight is 253 g/mol. The number of anilines is 1. The highest BCUT2D eigenvalue weighted by atomic mass is 15.1. The van der Waals surface area contributed by atoms with Crippen LogP contribution in [-0.2, 0) is 6.42 Å². The van der Waals surface area contributed by atoms with E-state index in [4.69, 9.17) is 0 Å². The molecule has 5 nitrogen and oxygen atoms in total. The summed E-state index contributed by atoms with van der Waals surface area (Å²) < 4.78 is 0. The minimum Gasteiger partial charge on any atom is -0.354 e. The van der Waals surface area contributed by atoms with Gasteiger partial charge in [-0.25, -0.2) is 15.0 Å². The molecule has 0 aliphatic heterocycles. The number of hydrogen-bond donors (Lipinski definition) is 2. The molecule has 0 saturated carbocycles. The summed E-state index contributed by atoms with van der Waals surface area (Å²) in [5, 5.41) is 3.18. The Morgan fingerprint density at radius 2 is 1.89 bits per heavy atom. The summed E-state index contributed by atoms with van der Waals surface area (Å²) in [4.78, 5) is 16.1. The molecule has 0 bridgehead atoms. The number of aryl methyl sites for hydroxylation is 1. The number of aromatic amines is 1. The number of para-hydroxylation sites is 2. The van der Waals surface area contributed by atoms with Gasteiger partial charge in [0.1, 0.15) is 5.82 Å². The molecule has 0 atom stereocenters. The van der Waals surface area contributed by atoms with Crippen molar-refractivity contribution in [1.29, 1.82) is 0 Å². The largest absolute Gasteiger partial charge is 0.354 e. The number of benzene rings is 1. The van der Waals surface area contributed by atoms with Gasteiger partial charge >= 0.3 is 0 Å². The molecule has 2 aromatic heterocycles. The molecule has 0 unspecified atom stereocenters. The maximum Gasteiger partial charge on any atom is 0.222 e. The van der Waals surface area contributed by atoms with Crippen LogP contribution in [0.4, 0.5) is 5.95 Å². The van der Waals surface area contributed by atoms with Gasteiger partial charge in [-0.2, -0.15) is 0 Å². The molecule has 19 heavy (non-hydrogen) atoms. The van der Waals surface area contributed by atoms with Crippen LogP contribution in [0, 0.1) is 0 Å². The Morgan fingerprint density at radius 3 is 2.74 bits per heavy atom. The van der Waals surface area contributed by atoms with E-state index in [9.17, 15) is 0 Å². The van der Waals surface area contributed by atoms with Gasteiger partial charge in [0.05, 0.1) is 11.0 Å². The standard InChI is InChI=1S/C14H15N5/c1-2-6-12-11(5-1)18-13(19-12)7-3-8-15-14-16-9-4-10-17-14/h1-2,4-6,9-10H,3,7-8H2,(H,18,19)(H,15,16,17). The number of rotatable bonds is 5. The highest BCUT2D eigenvalue weighted by molar-refractivity contribution is 5.74. The van der Waals surface area contributed by atoms with Crippen LogP contribution in [0.25, 0.3) is 11.0 Å². The topological polar surface area (TPSA) is 66.5 Å². The van der Waals surface area contributed by atoms with E-state index in [1.54, 1.807) is 18.5 Å². The van der Waals surface area contributed by atoms with Crippen molar-refractivity contribution in [2.45, 2.75) is 12.8 Å². The minimum absolute atomic E-state index is 0.673. The predicted molar refractivity (Wildman–Crippen MR) is 74.9 cm³/mol. The van der Waals surface area contributed by atoms with Gasteiger partial charge < -0.3 is 10.3 Å². The summed E-state index contributed by atoms with van der Waals surface area (Å²) in [5.41, 5.74) is 2.12. The molecule has 96 valence electrons. The monoisotopic (exact) mass is 253 g/mol. The van der Waals surface area contributed by atoms with Gasteiger partial charge in [-0.3, -0.25) is 0 Å². The Balaban J connectivity index is 1.52. The van der Waals surface area contributed by atoms with E-state index in [0.29, 0.717) is 5.95 Å². The SMILES string of the molecule is c1cnc(NCCCc2nc3ccccc3[nH]2)nc1. The van der Waals surface area contributed by atoms with E-state index in [1.165, 1.54) is 0 Å². The minimum atomic E-state index is 0.673. The molecule has 0 aliphatic rings. The summed E-state index contributed by atoms with van der Waals surface area (Å²) >= 11 is 0. The van der Waals surface area contributed by atoms with E-state index in [0.717, 1.165) is 36.2 Å². The van der Waals surface area contributed by atoms with Crippen LogP contribution in [-0.4, -0.2) is 26.5 Å². The Hall–Kier alpha value is -2.43. The van der Waals surface area contributed by atoms with E-state index in [-0.39, 0.29) is 0 Å². The summed E-state index contributed by atoms with van der Waals surface area (Å²) in [5.74, 6) is 1.70. The molecular weight excluding hydrogens is 238 g/mol. The van der Waals surface area contributed by atoms with Gasteiger partial charge in [0.2, 0.25) is 5.95 Å². The second-order valence-corrected chi connectivity index (χ2v) is 4.30. The third-order valence-electron chi connectivity index (χ3n) is 2.88. The third-order valence-corrected chi connectivity index (χ3v) is 2.88. The van der Waals surface area contributed by atoms with Gasteiger partial charge in [-0.15, -0.1) is 0 Å². The van der Waals surface area contributed by atoms with Crippen LogP contribution in [0.5, 0.6) is 0 Å². The van der Waals surface area contributed by atoms with Gasteiger partial charge in [0.25, 0.3) is 0 Å². The molecule has 0 aliphatic carbocycles. The lowest BCUT2D eigenvalue weighted by molar-refractivity contribution is 0.813. The fraction of sp³-hybridized carbons (Fsp3) is 0.214. The third kappa shape index (κ3) is 2.88. The average Bonchev–Trinajstić information content (AvgIpc) is 2.87. The van der Waals surface area contributed by atoms with Crippen LogP contribution >= 0.6 is 0 Å². The highest BCUT2D eigenvalue weighted by Crippen LogP contribution is 2.11. The van der Waals surface area contributed by atoms with E-state index >= 15 is 0 Å². The number of imidazole rings is 1. The molecule has 0 radical (unpaired) electrons. The summed E-state index contributed by atoms with van der Waals surface area (Å²) in [7, 11) is 0.